The lowest BCUT2D eigenvalue weighted by Crippen LogP contribution is -2.15. The molecule has 0 amide bonds. The Balaban J connectivity index is 3.69. The Bertz CT molecular complexity index is 101. The third-order valence-electron chi connectivity index (χ3n) is 0.799. The Hall–Kier alpha value is -0.930. The summed E-state index contributed by atoms with van der Waals surface area (Å²) in [4.78, 5) is 19.4. The van der Waals surface area contributed by atoms with Crippen molar-refractivity contribution in [2.24, 2.45) is 5.18 Å². The first-order valence-electron chi connectivity index (χ1n) is 2.27. The van der Waals surface area contributed by atoms with E-state index < -0.39 is 12.0 Å². The molecule has 0 saturated heterocycles. The normalized spacial score (nSPS) is 12.6. The molecule has 0 saturated carbocycles. The van der Waals surface area contributed by atoms with Crippen LogP contribution in [0.25, 0.3) is 0 Å². The van der Waals surface area contributed by atoms with Crippen molar-refractivity contribution in [3.8, 4) is 0 Å². The molecule has 1 unspecified atom stereocenters. The Morgan fingerprint density at radius 3 is 2.38 bits per heavy atom. The Morgan fingerprint density at radius 1 is 1.88 bits per heavy atom. The minimum absolute atomic E-state index is 0.263. The molecule has 0 aromatic rings. The van der Waals surface area contributed by atoms with E-state index in [1.54, 1.807) is 6.92 Å². The van der Waals surface area contributed by atoms with E-state index in [4.69, 9.17) is 5.11 Å². The molecule has 0 bridgehead atoms. The summed E-state index contributed by atoms with van der Waals surface area (Å²) in [6, 6.07) is -1.06. The van der Waals surface area contributed by atoms with Gasteiger partial charge in [0, 0.05) is 0 Å². The monoisotopic (exact) mass is 117 g/mol. The maximum absolute atomic E-state index is 9.87. The van der Waals surface area contributed by atoms with Crippen molar-refractivity contribution < 1.29 is 9.90 Å². The summed E-state index contributed by atoms with van der Waals surface area (Å²) < 4.78 is 0. The number of hydrogen-bond donors (Lipinski definition) is 1. The van der Waals surface area contributed by atoms with E-state index in [9.17, 15) is 9.70 Å². The van der Waals surface area contributed by atoms with E-state index >= 15 is 0 Å². The van der Waals surface area contributed by atoms with Crippen LogP contribution in [0.4, 0.5) is 0 Å². The minimum Gasteiger partial charge on any atom is -0.480 e. The van der Waals surface area contributed by atoms with Crippen molar-refractivity contribution in [3.05, 3.63) is 4.91 Å². The van der Waals surface area contributed by atoms with Crippen LogP contribution in [-0.2, 0) is 4.79 Å². The van der Waals surface area contributed by atoms with Gasteiger partial charge in [-0.3, -0.25) is 0 Å². The maximum atomic E-state index is 9.87. The van der Waals surface area contributed by atoms with Gasteiger partial charge in [-0.2, -0.15) is 0 Å². The van der Waals surface area contributed by atoms with Gasteiger partial charge in [-0.1, -0.05) is 12.1 Å². The van der Waals surface area contributed by atoms with E-state index in [1.807, 2.05) is 0 Å². The molecule has 0 rings (SSSR count). The van der Waals surface area contributed by atoms with Gasteiger partial charge in [0.25, 0.3) is 0 Å². The molecule has 4 heteroatoms. The zero-order valence-electron chi connectivity index (χ0n) is 4.50. The highest BCUT2D eigenvalue weighted by atomic mass is 16.4. The van der Waals surface area contributed by atoms with E-state index in [1.165, 1.54) is 0 Å². The second-order valence-electron chi connectivity index (χ2n) is 1.37. The molecule has 0 aromatic carbocycles. The van der Waals surface area contributed by atoms with Gasteiger partial charge in [-0.15, -0.1) is 4.91 Å². The molecule has 0 heterocycles. The first kappa shape index (κ1) is 7.07. The molecule has 0 aliphatic rings. The number of carboxylic acids is 1. The van der Waals surface area contributed by atoms with Gasteiger partial charge >= 0.3 is 5.97 Å². The topological polar surface area (TPSA) is 66.7 Å². The summed E-state index contributed by atoms with van der Waals surface area (Å²) in [6.45, 7) is 1.60. The van der Waals surface area contributed by atoms with E-state index in [-0.39, 0.29) is 6.42 Å². The number of rotatable bonds is 3. The molecular formula is C4H7NO3. The van der Waals surface area contributed by atoms with Gasteiger partial charge in [0.15, 0.2) is 6.04 Å². The molecule has 0 aliphatic carbocycles. The second kappa shape index (κ2) is 3.12. The zero-order valence-corrected chi connectivity index (χ0v) is 4.50. The first-order valence-corrected chi connectivity index (χ1v) is 2.27. The lowest BCUT2D eigenvalue weighted by Gasteiger charge is -1.94. The Morgan fingerprint density at radius 2 is 2.38 bits per heavy atom. The SMILES string of the molecule is CCC(N=O)C(=O)O. The van der Waals surface area contributed by atoms with E-state index in [2.05, 4.69) is 5.18 Å². The van der Waals surface area contributed by atoms with Crippen LogP contribution < -0.4 is 0 Å². The smallest absolute Gasteiger partial charge is 0.332 e. The summed E-state index contributed by atoms with van der Waals surface area (Å²) in [5, 5.41) is 10.4. The average molecular weight is 117 g/mol. The predicted octanol–water partition coefficient (Wildman–Crippen LogP) is 0.616. The van der Waals surface area contributed by atoms with Crippen LogP contribution in [0.2, 0.25) is 0 Å². The van der Waals surface area contributed by atoms with E-state index in [0.717, 1.165) is 0 Å². The average Bonchev–Trinajstić information content (AvgIpc) is 1.69. The Kier molecular flexibility index (Phi) is 2.76. The molecular weight excluding hydrogens is 110 g/mol. The molecule has 0 spiro atoms. The summed E-state index contributed by atoms with van der Waals surface area (Å²) >= 11 is 0. The largest absolute Gasteiger partial charge is 0.480 e. The summed E-state index contributed by atoms with van der Waals surface area (Å²) in [7, 11) is 0. The van der Waals surface area contributed by atoms with Crippen LogP contribution in [0.15, 0.2) is 5.18 Å². The predicted molar refractivity (Wildman–Crippen MR) is 27.5 cm³/mol. The number of aliphatic carboxylic acids is 1. The molecule has 46 valence electrons. The fourth-order valence-corrected chi connectivity index (χ4v) is 0.294. The van der Waals surface area contributed by atoms with Crippen LogP contribution in [0, 0.1) is 4.91 Å². The van der Waals surface area contributed by atoms with Gasteiger partial charge in [-0.05, 0) is 6.42 Å². The molecule has 4 nitrogen and oxygen atoms in total. The van der Waals surface area contributed by atoms with Gasteiger partial charge < -0.3 is 5.11 Å². The van der Waals surface area contributed by atoms with Crippen LogP contribution in [-0.4, -0.2) is 17.1 Å². The molecule has 0 aliphatic heterocycles. The van der Waals surface area contributed by atoms with Gasteiger partial charge in [0.2, 0.25) is 0 Å². The van der Waals surface area contributed by atoms with Gasteiger partial charge in [-0.25, -0.2) is 4.79 Å². The Labute approximate surface area is 46.5 Å². The van der Waals surface area contributed by atoms with Crippen LogP contribution in [0.5, 0.6) is 0 Å². The van der Waals surface area contributed by atoms with Crippen molar-refractivity contribution in [3.63, 3.8) is 0 Å². The number of carboxylic acid groups (broad SMARTS) is 1. The van der Waals surface area contributed by atoms with Crippen molar-refractivity contribution in [2.45, 2.75) is 19.4 Å². The van der Waals surface area contributed by atoms with Crippen molar-refractivity contribution in [2.75, 3.05) is 0 Å². The molecule has 8 heavy (non-hydrogen) atoms. The number of hydrogen-bond acceptors (Lipinski definition) is 3. The standard InChI is InChI=1S/C4H7NO3/c1-2-3(5-8)4(6)7/h3H,2H2,1H3,(H,6,7). The van der Waals surface area contributed by atoms with Crippen molar-refractivity contribution in [1.29, 1.82) is 0 Å². The van der Waals surface area contributed by atoms with Gasteiger partial charge in [0.05, 0.1) is 0 Å². The summed E-state index contributed by atoms with van der Waals surface area (Å²) in [5.41, 5.74) is 0. The number of nitrogens with zero attached hydrogens (tertiary/aromatic N) is 1. The second-order valence-corrected chi connectivity index (χ2v) is 1.37. The van der Waals surface area contributed by atoms with Crippen molar-refractivity contribution >= 4 is 5.97 Å². The quantitative estimate of drug-likeness (QED) is 0.551. The lowest BCUT2D eigenvalue weighted by atomic mass is 10.2. The zero-order chi connectivity index (χ0) is 6.57. The fourth-order valence-electron chi connectivity index (χ4n) is 0.294. The van der Waals surface area contributed by atoms with E-state index in [0.29, 0.717) is 0 Å². The number of nitroso groups, excluding NO2 is 1. The molecule has 1 N–H and O–H groups in total. The molecule has 1 atom stereocenters. The summed E-state index contributed by atoms with van der Waals surface area (Å²) in [5.74, 6) is -1.15. The summed E-state index contributed by atoms with van der Waals surface area (Å²) in [6.07, 6.45) is 0.263. The van der Waals surface area contributed by atoms with Gasteiger partial charge in [0.1, 0.15) is 0 Å². The molecule has 0 aromatic heterocycles. The molecule has 0 fully saturated rings. The first-order chi connectivity index (χ1) is 3.72. The van der Waals surface area contributed by atoms with Crippen LogP contribution >= 0.6 is 0 Å². The maximum Gasteiger partial charge on any atom is 0.332 e. The lowest BCUT2D eigenvalue weighted by molar-refractivity contribution is -0.138. The van der Waals surface area contributed by atoms with Crippen LogP contribution in [0.3, 0.4) is 0 Å². The third kappa shape index (κ3) is 1.68. The van der Waals surface area contributed by atoms with Crippen LogP contribution in [0.1, 0.15) is 13.3 Å². The third-order valence-corrected chi connectivity index (χ3v) is 0.799. The highest BCUT2D eigenvalue weighted by molar-refractivity contribution is 5.73. The van der Waals surface area contributed by atoms with Crippen molar-refractivity contribution in [1.82, 2.24) is 0 Å². The minimum atomic E-state index is -1.15. The molecule has 0 radical (unpaired) electrons. The fraction of sp³-hybridized carbons (Fsp3) is 0.750. The highest BCUT2D eigenvalue weighted by Crippen LogP contribution is 1.94. The highest BCUT2D eigenvalue weighted by Gasteiger charge is 2.13. The number of carbonyl (C=O) groups is 1.